The Morgan fingerprint density at radius 2 is 1.76 bits per heavy atom. The number of methoxy groups -OCH3 is 1. The zero-order chi connectivity index (χ0) is 54.9. The first-order valence-electron chi connectivity index (χ1n) is 29.4. The fourth-order valence-electron chi connectivity index (χ4n) is 13.8. The number of cyclic esters (lactones) is 1. The van der Waals surface area contributed by atoms with Crippen molar-refractivity contribution in [3.05, 3.63) is 82.2 Å². The average Bonchev–Trinajstić information content (AvgIpc) is 4.43. The van der Waals surface area contributed by atoms with E-state index in [4.69, 9.17) is 33.7 Å². The number of ether oxygens (including phenoxy) is 5. The Kier molecular flexibility index (Phi) is 14.9. The number of anilines is 1. The fraction of sp³-hybridized carbons (Fsp3) is 0.607. The monoisotopic (exact) mass is 1110 g/mol. The highest BCUT2D eigenvalue weighted by atomic mass is 32.1. The van der Waals surface area contributed by atoms with Crippen LogP contribution in [-0.4, -0.2) is 169 Å². The summed E-state index contributed by atoms with van der Waals surface area (Å²) in [6.07, 6.45) is 9.93. The Bertz CT molecular complexity index is 3080. The zero-order valence-corrected chi connectivity index (χ0v) is 47.9. The smallest absolute Gasteiger partial charge is 0.324 e. The molecule has 426 valence electrons. The Hall–Kier alpha value is -5.38. The van der Waals surface area contributed by atoms with Crippen LogP contribution in [0.5, 0.6) is 0 Å². The molecule has 0 unspecified atom stereocenters. The van der Waals surface area contributed by atoms with Crippen LogP contribution in [0.4, 0.5) is 5.69 Å². The molecule has 6 bridgehead atoms. The number of nitrogens with one attached hydrogen (secondary N) is 2. The first-order valence-corrected chi connectivity index (χ1v) is 30.3. The van der Waals surface area contributed by atoms with Crippen LogP contribution in [0, 0.1) is 22.7 Å². The molecule has 18 nitrogen and oxygen atoms in total. The second-order valence-corrected chi connectivity index (χ2v) is 25.8. The van der Waals surface area contributed by atoms with Gasteiger partial charge in [0.2, 0.25) is 5.91 Å². The van der Waals surface area contributed by atoms with Crippen LogP contribution in [0.25, 0.3) is 33.4 Å². The average molecular weight is 1110 g/mol. The summed E-state index contributed by atoms with van der Waals surface area (Å²) in [5, 5.41) is 8.73. The van der Waals surface area contributed by atoms with Crippen molar-refractivity contribution in [1.29, 1.82) is 0 Å². The molecule has 13 rings (SSSR count). The number of carbonyl (C=O) groups excluding carboxylic acids is 3. The molecule has 3 aliphatic carbocycles. The molecular weight excluding hydrogens is 1030 g/mol. The first kappa shape index (κ1) is 53.9. The topological polar surface area (TPSA) is 178 Å². The summed E-state index contributed by atoms with van der Waals surface area (Å²) < 4.78 is 33.2. The number of esters is 1. The van der Waals surface area contributed by atoms with E-state index in [2.05, 4.69) is 92.3 Å². The SMILES string of the molecule is CO[C@@H](C)c1ncc(N2CCN(C3CC3)CC2)cc1-c1c2c3cc(ccc3n1CCOC1CC3(COC3)C1)-c1csc(n1)[C@@H](N1CCOCC1)[C@H](NC(=O)[C@@H]1[C@@H](C)[C@H]1c1ccccn1)C(=O)N1CCC[C@H](N1)C(=O)OCC(C)(C)C2. The minimum absolute atomic E-state index is 0.0347. The minimum atomic E-state index is -1.05. The minimum Gasteiger partial charge on any atom is -0.464 e. The van der Waals surface area contributed by atoms with Gasteiger partial charge in [-0.05, 0) is 93.7 Å². The van der Waals surface area contributed by atoms with Gasteiger partial charge in [-0.3, -0.25) is 39.2 Å². The summed E-state index contributed by atoms with van der Waals surface area (Å²) in [6, 6.07) is 13.1. The third-order valence-corrected chi connectivity index (χ3v) is 19.6. The van der Waals surface area contributed by atoms with Gasteiger partial charge in [0.25, 0.3) is 5.91 Å². The fourth-order valence-corrected chi connectivity index (χ4v) is 14.8. The molecule has 9 heterocycles. The highest BCUT2D eigenvalue weighted by molar-refractivity contribution is 7.10. The highest BCUT2D eigenvalue weighted by Crippen LogP contribution is 2.54. The predicted molar refractivity (Wildman–Crippen MR) is 304 cm³/mol. The van der Waals surface area contributed by atoms with Gasteiger partial charge in [0.1, 0.15) is 17.1 Å². The maximum atomic E-state index is 15.4. The van der Waals surface area contributed by atoms with Crippen LogP contribution in [-0.2, 0) is 51.0 Å². The van der Waals surface area contributed by atoms with Crippen LogP contribution in [0.3, 0.4) is 0 Å². The standard InChI is InChI=1S/C61H78N10O8S/c1-37-50(46-9-6-7-15-62-46)51(37)56(72)65-53-55(69-21-24-76-25-22-69)57-64-48(33-80-57)39-11-14-49-43(27-39)45(31-60(3,4)34-79-59(74)47-10-8-16-71(66-47)58(53)73)54(70(49)23-26-78-42-29-61(30-42)35-77-36-61)44-28-41(32-63-52(44)38(2)75-5)68-19-17-67(18-20-68)40-12-13-40/h6-7,9,11,14-15,27-28,32-33,37-38,40,42,47,50-51,53,55,66H,8,10,12-13,16-26,29-31,34-36H2,1-5H3,(H,65,72)/t37-,38-,47-,50-,51+,53-,55-/m0/s1. The number of rotatable bonds is 13. The summed E-state index contributed by atoms with van der Waals surface area (Å²) in [5.74, 6) is -1.35. The Balaban J connectivity index is 0.934. The number of benzene rings is 1. The molecule has 3 saturated carbocycles. The van der Waals surface area contributed by atoms with E-state index in [0.29, 0.717) is 70.3 Å². The Labute approximate surface area is 473 Å². The van der Waals surface area contributed by atoms with E-state index >= 15 is 4.79 Å². The van der Waals surface area contributed by atoms with Gasteiger partial charge in [-0.15, -0.1) is 11.3 Å². The van der Waals surface area contributed by atoms with E-state index in [1.807, 2.05) is 24.4 Å². The molecule has 1 spiro atoms. The van der Waals surface area contributed by atoms with Crippen molar-refractivity contribution >= 4 is 45.7 Å². The maximum Gasteiger partial charge on any atom is 0.324 e. The summed E-state index contributed by atoms with van der Waals surface area (Å²) in [5.41, 5.74) is 11.8. The lowest BCUT2D eigenvalue weighted by atomic mass is 9.65. The van der Waals surface area contributed by atoms with Crippen LogP contribution in [0.15, 0.2) is 60.2 Å². The molecule has 2 amide bonds. The van der Waals surface area contributed by atoms with Crippen molar-refractivity contribution in [2.45, 2.75) is 121 Å². The molecule has 1 aromatic carbocycles. The van der Waals surface area contributed by atoms with Gasteiger partial charge in [0, 0.05) is 127 Å². The predicted octanol–water partition coefficient (Wildman–Crippen LogP) is 6.94. The summed E-state index contributed by atoms with van der Waals surface area (Å²) >= 11 is 1.50. The van der Waals surface area contributed by atoms with Crippen molar-refractivity contribution in [1.82, 2.24) is 45.1 Å². The number of carbonyl (C=O) groups is 3. The number of hydrogen-bond acceptors (Lipinski definition) is 16. The van der Waals surface area contributed by atoms with Crippen molar-refractivity contribution in [2.24, 2.45) is 22.7 Å². The van der Waals surface area contributed by atoms with Crippen molar-refractivity contribution in [3.8, 4) is 22.5 Å². The molecule has 7 fully saturated rings. The van der Waals surface area contributed by atoms with E-state index in [1.54, 1.807) is 18.3 Å². The number of amides is 2. The van der Waals surface area contributed by atoms with Crippen molar-refractivity contribution < 1.29 is 38.1 Å². The van der Waals surface area contributed by atoms with Gasteiger partial charge in [-0.2, -0.15) is 0 Å². The molecule has 2 N–H and O–H groups in total. The van der Waals surface area contributed by atoms with Gasteiger partial charge >= 0.3 is 5.97 Å². The number of nitrogens with zero attached hydrogens (tertiary/aromatic N) is 8. The second kappa shape index (κ2) is 22.1. The lowest BCUT2D eigenvalue weighted by Crippen LogP contribution is -2.63. The number of pyridine rings is 2. The first-order chi connectivity index (χ1) is 38.8. The lowest BCUT2D eigenvalue weighted by Gasteiger charge is -2.52. The number of morpholine rings is 1. The van der Waals surface area contributed by atoms with Crippen LogP contribution < -0.4 is 15.6 Å². The van der Waals surface area contributed by atoms with E-state index in [9.17, 15) is 9.59 Å². The number of hydrazine groups is 1. The number of thiazole rings is 1. The summed E-state index contributed by atoms with van der Waals surface area (Å²) in [4.78, 5) is 67.4. The van der Waals surface area contributed by atoms with E-state index in [0.717, 1.165) is 114 Å². The third kappa shape index (κ3) is 10.6. The molecule has 19 heteroatoms. The van der Waals surface area contributed by atoms with E-state index in [-0.39, 0.29) is 53.8 Å². The van der Waals surface area contributed by atoms with E-state index in [1.165, 1.54) is 24.2 Å². The van der Waals surface area contributed by atoms with Crippen molar-refractivity contribution in [3.63, 3.8) is 0 Å². The zero-order valence-electron chi connectivity index (χ0n) is 47.1. The maximum absolute atomic E-state index is 15.4. The molecule has 80 heavy (non-hydrogen) atoms. The molecule has 8 aliphatic rings. The summed E-state index contributed by atoms with van der Waals surface area (Å²) in [7, 11) is 1.75. The van der Waals surface area contributed by atoms with Gasteiger partial charge < -0.3 is 38.5 Å². The molecule has 4 aromatic heterocycles. The Morgan fingerprint density at radius 1 is 0.950 bits per heavy atom. The number of hydrogen-bond donors (Lipinski definition) is 2. The van der Waals surface area contributed by atoms with Gasteiger partial charge in [0.15, 0.2) is 0 Å². The summed E-state index contributed by atoms with van der Waals surface area (Å²) in [6.45, 7) is 17.7. The molecular formula is C61H78N10O8S. The van der Waals surface area contributed by atoms with Crippen LogP contribution in [0.1, 0.15) is 106 Å². The highest BCUT2D eigenvalue weighted by Gasteiger charge is 2.55. The molecule has 7 atom stereocenters. The van der Waals surface area contributed by atoms with Gasteiger partial charge in [-0.1, -0.05) is 32.9 Å². The van der Waals surface area contributed by atoms with Gasteiger partial charge in [-0.25, -0.2) is 10.4 Å². The Morgan fingerprint density at radius 3 is 2.50 bits per heavy atom. The third-order valence-electron chi connectivity index (χ3n) is 18.7. The molecule has 4 saturated heterocycles. The van der Waals surface area contributed by atoms with Gasteiger partial charge in [0.05, 0.1) is 86.9 Å². The number of piperazine rings is 1. The second-order valence-electron chi connectivity index (χ2n) is 24.9. The normalized spacial score (nSPS) is 27.8. The molecule has 5 aromatic rings. The van der Waals surface area contributed by atoms with Crippen LogP contribution >= 0.6 is 11.3 Å². The number of fused-ring (bicyclic) bond motifs is 6. The van der Waals surface area contributed by atoms with Crippen LogP contribution in [0.2, 0.25) is 0 Å². The van der Waals surface area contributed by atoms with E-state index < -0.39 is 29.5 Å². The van der Waals surface area contributed by atoms with Crippen molar-refractivity contribution in [2.75, 3.05) is 97.5 Å². The largest absolute Gasteiger partial charge is 0.464 e. The molecule has 0 radical (unpaired) electrons. The number of aromatic nitrogens is 4. The molecule has 5 aliphatic heterocycles. The quantitative estimate of drug-likeness (QED) is 0.116. The lowest BCUT2D eigenvalue weighted by molar-refractivity contribution is -0.209.